The summed E-state index contributed by atoms with van der Waals surface area (Å²) in [5, 5.41) is 5.62. The number of nitrogens with zero attached hydrogens (tertiary/aromatic N) is 3. The van der Waals surface area contributed by atoms with Gasteiger partial charge in [-0.05, 0) is 30.3 Å². The summed E-state index contributed by atoms with van der Waals surface area (Å²) in [5.74, 6) is -0.174. The standard InChI is InChI=1S/C17H12N4O2S/c22-16(11-4-5-15-14(7-11)20-10-23-15)19-8-12-9-24-17(21-12)13-3-1-2-6-18-13/h1-7,9-10H,8H2,(H,19,22). The van der Waals surface area contributed by atoms with E-state index in [0.717, 1.165) is 16.4 Å². The molecule has 24 heavy (non-hydrogen) atoms. The fourth-order valence-electron chi connectivity index (χ4n) is 2.27. The zero-order valence-electron chi connectivity index (χ0n) is 12.5. The molecule has 0 radical (unpaired) electrons. The van der Waals surface area contributed by atoms with Crippen molar-refractivity contribution < 1.29 is 9.21 Å². The van der Waals surface area contributed by atoms with Crippen molar-refractivity contribution in [3.05, 3.63) is 65.6 Å². The number of benzene rings is 1. The number of oxazole rings is 1. The maximum atomic E-state index is 12.3. The highest BCUT2D eigenvalue weighted by Crippen LogP contribution is 2.21. The number of fused-ring (bicyclic) bond motifs is 1. The number of amides is 1. The Kier molecular flexibility index (Phi) is 3.76. The number of hydrogen-bond donors (Lipinski definition) is 1. The summed E-state index contributed by atoms with van der Waals surface area (Å²) in [7, 11) is 0. The van der Waals surface area contributed by atoms with Crippen molar-refractivity contribution in [2.75, 3.05) is 0 Å². The summed E-state index contributed by atoms with van der Waals surface area (Å²) in [6.45, 7) is 0.360. The topological polar surface area (TPSA) is 80.9 Å². The van der Waals surface area contributed by atoms with Crippen molar-refractivity contribution in [3.8, 4) is 10.7 Å². The Morgan fingerprint density at radius 3 is 3.04 bits per heavy atom. The van der Waals surface area contributed by atoms with Crippen LogP contribution in [0.4, 0.5) is 0 Å². The van der Waals surface area contributed by atoms with Crippen LogP contribution in [-0.4, -0.2) is 20.9 Å². The molecule has 3 heterocycles. The summed E-state index contributed by atoms with van der Waals surface area (Å²) < 4.78 is 5.17. The Balaban J connectivity index is 1.45. The summed E-state index contributed by atoms with van der Waals surface area (Å²) in [4.78, 5) is 25.1. The van der Waals surface area contributed by atoms with E-state index in [1.165, 1.54) is 17.7 Å². The molecule has 0 atom stereocenters. The zero-order valence-corrected chi connectivity index (χ0v) is 13.3. The first kappa shape index (κ1) is 14.5. The normalized spacial score (nSPS) is 10.8. The lowest BCUT2D eigenvalue weighted by molar-refractivity contribution is 0.0950. The van der Waals surface area contributed by atoms with Gasteiger partial charge in [-0.3, -0.25) is 9.78 Å². The van der Waals surface area contributed by atoms with Crippen LogP contribution in [0.15, 0.2) is 58.8 Å². The third-order valence-corrected chi connectivity index (χ3v) is 4.37. The second kappa shape index (κ2) is 6.21. The van der Waals surface area contributed by atoms with E-state index in [4.69, 9.17) is 4.42 Å². The first-order chi connectivity index (χ1) is 11.8. The van der Waals surface area contributed by atoms with Gasteiger partial charge in [-0.2, -0.15) is 0 Å². The van der Waals surface area contributed by atoms with Crippen molar-refractivity contribution in [1.82, 2.24) is 20.3 Å². The first-order valence-electron chi connectivity index (χ1n) is 7.27. The minimum absolute atomic E-state index is 0.174. The van der Waals surface area contributed by atoms with Crippen LogP contribution in [0.25, 0.3) is 21.8 Å². The van der Waals surface area contributed by atoms with E-state index in [9.17, 15) is 4.79 Å². The number of aromatic nitrogens is 3. The lowest BCUT2D eigenvalue weighted by Gasteiger charge is -2.03. The molecule has 0 bridgehead atoms. The molecule has 118 valence electrons. The van der Waals surface area contributed by atoms with E-state index in [0.29, 0.717) is 23.2 Å². The van der Waals surface area contributed by atoms with Crippen LogP contribution in [0.2, 0.25) is 0 Å². The molecule has 1 N–H and O–H groups in total. The van der Waals surface area contributed by atoms with Crippen molar-refractivity contribution in [2.24, 2.45) is 0 Å². The molecule has 0 aliphatic heterocycles. The first-order valence-corrected chi connectivity index (χ1v) is 8.15. The minimum atomic E-state index is -0.174. The van der Waals surface area contributed by atoms with Crippen molar-refractivity contribution >= 4 is 28.3 Å². The van der Waals surface area contributed by atoms with Crippen LogP contribution in [0.5, 0.6) is 0 Å². The number of rotatable bonds is 4. The van der Waals surface area contributed by atoms with Crippen molar-refractivity contribution in [1.29, 1.82) is 0 Å². The molecule has 0 spiro atoms. The fourth-order valence-corrected chi connectivity index (χ4v) is 3.06. The molecule has 0 aliphatic carbocycles. The average Bonchev–Trinajstić information content (AvgIpc) is 3.29. The van der Waals surface area contributed by atoms with E-state index in [1.807, 2.05) is 23.6 Å². The molecule has 4 aromatic rings. The van der Waals surface area contributed by atoms with Crippen LogP contribution in [0, 0.1) is 0 Å². The Morgan fingerprint density at radius 2 is 2.17 bits per heavy atom. The Morgan fingerprint density at radius 1 is 1.21 bits per heavy atom. The van der Waals surface area contributed by atoms with Gasteiger partial charge in [-0.1, -0.05) is 6.07 Å². The van der Waals surface area contributed by atoms with Gasteiger partial charge in [-0.25, -0.2) is 9.97 Å². The number of carbonyl (C=O) groups is 1. The second-order valence-electron chi connectivity index (χ2n) is 5.08. The Labute approximate surface area is 141 Å². The second-order valence-corrected chi connectivity index (χ2v) is 5.93. The van der Waals surface area contributed by atoms with Crippen LogP contribution in [0.3, 0.4) is 0 Å². The molecular formula is C17H12N4O2S. The lowest BCUT2D eigenvalue weighted by atomic mass is 10.2. The fraction of sp³-hybridized carbons (Fsp3) is 0.0588. The van der Waals surface area contributed by atoms with E-state index in [-0.39, 0.29) is 5.91 Å². The van der Waals surface area contributed by atoms with Gasteiger partial charge in [-0.15, -0.1) is 11.3 Å². The average molecular weight is 336 g/mol. The Hall–Kier alpha value is -3.06. The maximum absolute atomic E-state index is 12.3. The molecular weight excluding hydrogens is 324 g/mol. The summed E-state index contributed by atoms with van der Waals surface area (Å²) >= 11 is 1.51. The van der Waals surface area contributed by atoms with E-state index in [1.54, 1.807) is 24.4 Å². The van der Waals surface area contributed by atoms with Gasteiger partial charge in [0.1, 0.15) is 10.5 Å². The van der Waals surface area contributed by atoms with Gasteiger partial charge in [0, 0.05) is 17.1 Å². The van der Waals surface area contributed by atoms with Crippen LogP contribution >= 0.6 is 11.3 Å². The predicted molar refractivity (Wildman–Crippen MR) is 90.5 cm³/mol. The third-order valence-electron chi connectivity index (χ3n) is 3.46. The predicted octanol–water partition coefficient (Wildman–Crippen LogP) is 3.28. The number of thiazole rings is 1. The van der Waals surface area contributed by atoms with Crippen LogP contribution in [0.1, 0.15) is 16.1 Å². The molecule has 3 aromatic heterocycles. The molecule has 1 aromatic carbocycles. The highest BCUT2D eigenvalue weighted by atomic mass is 32.1. The molecule has 7 heteroatoms. The molecule has 0 fully saturated rings. The van der Waals surface area contributed by atoms with Crippen LogP contribution < -0.4 is 5.32 Å². The van der Waals surface area contributed by atoms with Gasteiger partial charge < -0.3 is 9.73 Å². The zero-order chi connectivity index (χ0) is 16.4. The highest BCUT2D eigenvalue weighted by Gasteiger charge is 2.10. The van der Waals surface area contributed by atoms with Gasteiger partial charge in [0.15, 0.2) is 12.0 Å². The minimum Gasteiger partial charge on any atom is -0.443 e. The van der Waals surface area contributed by atoms with Crippen molar-refractivity contribution in [3.63, 3.8) is 0 Å². The van der Waals surface area contributed by atoms with E-state index >= 15 is 0 Å². The van der Waals surface area contributed by atoms with Gasteiger partial charge in [0.25, 0.3) is 5.91 Å². The number of carbonyl (C=O) groups excluding carboxylic acids is 1. The van der Waals surface area contributed by atoms with Gasteiger partial charge >= 0.3 is 0 Å². The summed E-state index contributed by atoms with van der Waals surface area (Å²) in [6.07, 6.45) is 3.10. The Bertz CT molecular complexity index is 994. The molecule has 0 saturated heterocycles. The largest absolute Gasteiger partial charge is 0.443 e. The molecule has 0 aliphatic rings. The monoisotopic (exact) mass is 336 g/mol. The van der Waals surface area contributed by atoms with Gasteiger partial charge in [0.2, 0.25) is 0 Å². The molecule has 0 unspecified atom stereocenters. The molecule has 1 amide bonds. The van der Waals surface area contributed by atoms with E-state index in [2.05, 4.69) is 20.3 Å². The third kappa shape index (κ3) is 2.89. The van der Waals surface area contributed by atoms with Crippen LogP contribution in [-0.2, 0) is 6.54 Å². The quantitative estimate of drug-likeness (QED) is 0.618. The van der Waals surface area contributed by atoms with Crippen molar-refractivity contribution in [2.45, 2.75) is 6.54 Å². The summed E-state index contributed by atoms with van der Waals surface area (Å²) in [5.41, 5.74) is 3.49. The highest BCUT2D eigenvalue weighted by molar-refractivity contribution is 7.13. The number of hydrogen-bond acceptors (Lipinski definition) is 6. The summed E-state index contributed by atoms with van der Waals surface area (Å²) in [6, 6.07) is 10.8. The number of pyridine rings is 1. The molecule has 0 saturated carbocycles. The SMILES string of the molecule is O=C(NCc1csc(-c2ccccn2)n1)c1ccc2ocnc2c1. The lowest BCUT2D eigenvalue weighted by Crippen LogP contribution is -2.22. The molecule has 6 nitrogen and oxygen atoms in total. The maximum Gasteiger partial charge on any atom is 0.251 e. The van der Waals surface area contributed by atoms with E-state index < -0.39 is 0 Å². The smallest absolute Gasteiger partial charge is 0.251 e. The number of nitrogens with one attached hydrogen (secondary N) is 1. The molecule has 4 rings (SSSR count). The van der Waals surface area contributed by atoms with Gasteiger partial charge in [0.05, 0.1) is 17.9 Å².